The third kappa shape index (κ3) is 3.96. The van der Waals surface area contributed by atoms with E-state index in [0.29, 0.717) is 0 Å². The summed E-state index contributed by atoms with van der Waals surface area (Å²) in [6, 6.07) is 13.7. The molecule has 0 aromatic heterocycles. The third-order valence-electron chi connectivity index (χ3n) is 5.14. The quantitative estimate of drug-likeness (QED) is 0.520. The van der Waals surface area contributed by atoms with E-state index in [4.69, 9.17) is 4.74 Å². The molecule has 0 saturated heterocycles. The normalized spacial score (nSPS) is 14.8. The Balaban J connectivity index is 1.89. The molecule has 2 aromatic carbocycles. The van der Waals surface area contributed by atoms with Crippen LogP contribution in [-0.4, -0.2) is 52.2 Å². The van der Waals surface area contributed by atoms with Gasteiger partial charge in [-0.25, -0.2) is 4.79 Å². The van der Waals surface area contributed by atoms with Crippen molar-refractivity contribution in [2.24, 2.45) is 0 Å². The van der Waals surface area contributed by atoms with Gasteiger partial charge >= 0.3 is 5.97 Å². The Kier molecular flexibility index (Phi) is 6.30. The fraction of sp³-hybridized carbons (Fsp3) is 0.304. The zero-order chi connectivity index (χ0) is 21.8. The Labute approximate surface area is 175 Å². The zero-order valence-corrected chi connectivity index (χ0v) is 17.2. The average molecular weight is 408 g/mol. The second-order valence-corrected chi connectivity index (χ2v) is 7.08. The van der Waals surface area contributed by atoms with Crippen LogP contribution in [0, 0.1) is 0 Å². The maximum atomic E-state index is 13.4. The number of hydrogen-bond donors (Lipinski definition) is 0. The van der Waals surface area contributed by atoms with Crippen LogP contribution in [-0.2, 0) is 20.9 Å². The lowest BCUT2D eigenvalue weighted by molar-refractivity contribution is -0.155. The van der Waals surface area contributed by atoms with E-state index in [-0.39, 0.29) is 24.3 Å². The van der Waals surface area contributed by atoms with E-state index < -0.39 is 35.8 Å². The highest BCUT2D eigenvalue weighted by molar-refractivity contribution is 6.22. The van der Waals surface area contributed by atoms with Crippen molar-refractivity contribution in [3.8, 4) is 0 Å². The van der Waals surface area contributed by atoms with Crippen molar-refractivity contribution >= 4 is 23.7 Å². The molecule has 3 amide bonds. The fourth-order valence-corrected chi connectivity index (χ4v) is 3.49. The number of imide groups is 1. The molecule has 156 valence electrons. The molecule has 0 N–H and O–H groups in total. The van der Waals surface area contributed by atoms with Gasteiger partial charge in [0.05, 0.1) is 17.7 Å². The molecular weight excluding hydrogens is 384 g/mol. The van der Waals surface area contributed by atoms with Gasteiger partial charge < -0.3 is 9.64 Å². The minimum absolute atomic E-state index is 0.146. The molecule has 3 rings (SSSR count). The molecule has 7 nitrogen and oxygen atoms in total. The first-order chi connectivity index (χ1) is 14.4. The summed E-state index contributed by atoms with van der Waals surface area (Å²) >= 11 is 0. The second-order valence-electron chi connectivity index (χ2n) is 7.08. The molecule has 2 unspecified atom stereocenters. The molecule has 0 radical (unpaired) electrons. The summed E-state index contributed by atoms with van der Waals surface area (Å²) in [6.07, 6.45) is 0. The van der Waals surface area contributed by atoms with E-state index in [1.165, 1.54) is 11.8 Å². The topological polar surface area (TPSA) is 84.0 Å². The molecule has 0 spiro atoms. The van der Waals surface area contributed by atoms with Crippen LogP contribution < -0.4 is 0 Å². The molecule has 2 atom stereocenters. The Bertz CT molecular complexity index is 938. The van der Waals surface area contributed by atoms with E-state index in [1.807, 2.05) is 30.3 Å². The van der Waals surface area contributed by atoms with Gasteiger partial charge in [0.1, 0.15) is 12.1 Å². The van der Waals surface area contributed by atoms with Crippen molar-refractivity contribution < 1.29 is 23.9 Å². The average Bonchev–Trinajstić information content (AvgIpc) is 3.02. The lowest BCUT2D eigenvalue weighted by atomic mass is 10.1. The van der Waals surface area contributed by atoms with Gasteiger partial charge in [0, 0.05) is 6.54 Å². The van der Waals surface area contributed by atoms with Crippen LogP contribution in [0.1, 0.15) is 47.1 Å². The van der Waals surface area contributed by atoms with Crippen molar-refractivity contribution in [3.63, 3.8) is 0 Å². The zero-order valence-electron chi connectivity index (χ0n) is 17.2. The minimum atomic E-state index is -1.07. The highest BCUT2D eigenvalue weighted by Crippen LogP contribution is 2.26. The molecule has 1 aliphatic heterocycles. The number of rotatable bonds is 7. The van der Waals surface area contributed by atoms with Gasteiger partial charge in [0.2, 0.25) is 5.91 Å². The summed E-state index contributed by atoms with van der Waals surface area (Å²) in [6.45, 7) is 5.10. The first-order valence-corrected chi connectivity index (χ1v) is 9.84. The molecule has 0 fully saturated rings. The molecule has 2 aromatic rings. The van der Waals surface area contributed by atoms with E-state index in [1.54, 1.807) is 38.1 Å². The van der Waals surface area contributed by atoms with Crippen LogP contribution in [0.3, 0.4) is 0 Å². The second kappa shape index (κ2) is 8.90. The van der Waals surface area contributed by atoms with Crippen LogP contribution >= 0.6 is 0 Å². The van der Waals surface area contributed by atoms with E-state index >= 15 is 0 Å². The smallest absolute Gasteiger partial charge is 0.328 e. The Morgan fingerprint density at radius 3 is 2.00 bits per heavy atom. The molecule has 1 heterocycles. The van der Waals surface area contributed by atoms with E-state index in [9.17, 15) is 19.2 Å². The van der Waals surface area contributed by atoms with Gasteiger partial charge in [-0.15, -0.1) is 0 Å². The molecule has 0 bridgehead atoms. The van der Waals surface area contributed by atoms with Gasteiger partial charge in [0.25, 0.3) is 11.8 Å². The molecule has 1 aliphatic rings. The largest absolute Gasteiger partial charge is 0.464 e. The van der Waals surface area contributed by atoms with Gasteiger partial charge in [-0.05, 0) is 38.5 Å². The first-order valence-electron chi connectivity index (χ1n) is 9.84. The predicted octanol–water partition coefficient (Wildman–Crippen LogP) is 2.65. The van der Waals surface area contributed by atoms with Crippen molar-refractivity contribution in [3.05, 3.63) is 71.3 Å². The maximum Gasteiger partial charge on any atom is 0.328 e. The van der Waals surface area contributed by atoms with Crippen LogP contribution in [0.5, 0.6) is 0 Å². The highest BCUT2D eigenvalue weighted by Gasteiger charge is 2.43. The van der Waals surface area contributed by atoms with Crippen LogP contribution in [0.2, 0.25) is 0 Å². The number of benzene rings is 2. The molecule has 7 heteroatoms. The lowest BCUT2D eigenvalue weighted by Crippen LogP contribution is -2.53. The van der Waals surface area contributed by atoms with Gasteiger partial charge in [0.15, 0.2) is 0 Å². The predicted molar refractivity (Wildman–Crippen MR) is 109 cm³/mol. The SMILES string of the molecule is CCOC(=O)C(C)N(Cc1ccccc1)C(=O)C(C)N1C(=O)c2ccccc2C1=O. The molecule has 30 heavy (non-hydrogen) atoms. The molecule has 0 saturated carbocycles. The highest BCUT2D eigenvalue weighted by atomic mass is 16.5. The summed E-state index contributed by atoms with van der Waals surface area (Å²) in [5, 5.41) is 0. The van der Waals surface area contributed by atoms with E-state index in [2.05, 4.69) is 0 Å². The number of esters is 1. The number of carbonyl (C=O) groups is 4. The van der Waals surface area contributed by atoms with Gasteiger partial charge in [-0.3, -0.25) is 19.3 Å². The fourth-order valence-electron chi connectivity index (χ4n) is 3.49. The summed E-state index contributed by atoms with van der Waals surface area (Å²) in [5.74, 6) is -2.08. The van der Waals surface area contributed by atoms with Crippen LogP contribution in [0.25, 0.3) is 0 Å². The number of fused-ring (bicyclic) bond motifs is 1. The number of carbonyl (C=O) groups excluding carboxylic acids is 4. The monoisotopic (exact) mass is 408 g/mol. The Hall–Kier alpha value is -3.48. The number of hydrogen-bond acceptors (Lipinski definition) is 5. The van der Waals surface area contributed by atoms with Gasteiger partial charge in [-0.2, -0.15) is 0 Å². The van der Waals surface area contributed by atoms with Crippen molar-refractivity contribution in [1.82, 2.24) is 9.80 Å². The Morgan fingerprint density at radius 2 is 1.47 bits per heavy atom. The minimum Gasteiger partial charge on any atom is -0.464 e. The number of ether oxygens (including phenoxy) is 1. The van der Waals surface area contributed by atoms with Crippen molar-refractivity contribution in [2.75, 3.05) is 6.61 Å². The summed E-state index contributed by atoms with van der Waals surface area (Å²) < 4.78 is 5.09. The Morgan fingerprint density at radius 1 is 0.933 bits per heavy atom. The summed E-state index contributed by atoms with van der Waals surface area (Å²) in [5.41, 5.74) is 1.36. The lowest BCUT2D eigenvalue weighted by Gasteiger charge is -2.32. The standard InChI is InChI=1S/C23H24N2O5/c1-4-30-23(29)16(3)24(14-17-10-6-5-7-11-17)20(26)15(2)25-21(27)18-12-8-9-13-19(18)22(25)28/h5-13,15-16H,4,14H2,1-3H3. The maximum absolute atomic E-state index is 13.4. The number of nitrogens with zero attached hydrogens (tertiary/aromatic N) is 2. The van der Waals surface area contributed by atoms with Crippen molar-refractivity contribution in [2.45, 2.75) is 39.4 Å². The van der Waals surface area contributed by atoms with Crippen molar-refractivity contribution in [1.29, 1.82) is 0 Å². The van der Waals surface area contributed by atoms with Crippen LogP contribution in [0.4, 0.5) is 0 Å². The number of amides is 3. The van der Waals surface area contributed by atoms with Crippen LogP contribution in [0.15, 0.2) is 54.6 Å². The third-order valence-corrected chi connectivity index (χ3v) is 5.14. The molecular formula is C23H24N2O5. The van der Waals surface area contributed by atoms with Gasteiger partial charge in [-0.1, -0.05) is 42.5 Å². The molecule has 0 aliphatic carbocycles. The summed E-state index contributed by atoms with van der Waals surface area (Å²) in [7, 11) is 0. The first kappa shape index (κ1) is 21.2. The van der Waals surface area contributed by atoms with E-state index in [0.717, 1.165) is 10.5 Å². The summed E-state index contributed by atoms with van der Waals surface area (Å²) in [4.78, 5) is 53.6.